The van der Waals surface area contributed by atoms with Gasteiger partial charge in [0, 0.05) is 18.8 Å². The zero-order valence-corrected chi connectivity index (χ0v) is 11.5. The van der Waals surface area contributed by atoms with E-state index in [-0.39, 0.29) is 5.56 Å². The van der Waals surface area contributed by atoms with Crippen molar-refractivity contribution in [3.8, 4) is 11.1 Å². The Morgan fingerprint density at radius 1 is 1.14 bits per heavy atom. The molecule has 0 aliphatic carbocycles. The largest absolute Gasteiger partial charge is 0.478 e. The van der Waals surface area contributed by atoms with E-state index in [1.54, 1.807) is 22.6 Å². The van der Waals surface area contributed by atoms with E-state index in [2.05, 4.69) is 10.2 Å². The summed E-state index contributed by atoms with van der Waals surface area (Å²) in [5.41, 5.74) is 2.89. The Bertz CT molecular complexity index is 774. The summed E-state index contributed by atoms with van der Waals surface area (Å²) in [6.45, 7) is 0.366. The van der Waals surface area contributed by atoms with Gasteiger partial charge in [0.05, 0.1) is 24.6 Å². The van der Waals surface area contributed by atoms with E-state index in [1.807, 2.05) is 36.5 Å². The summed E-state index contributed by atoms with van der Waals surface area (Å²) in [6.07, 6.45) is 5.03. The molecule has 0 saturated carbocycles. The van der Waals surface area contributed by atoms with Gasteiger partial charge in [-0.15, -0.1) is 0 Å². The molecule has 1 aromatic carbocycles. The SMILES string of the molecule is Cn1ncc(C(=O)O)c1Cn1cc(-c2ccccc2)cn1. The van der Waals surface area contributed by atoms with Crippen LogP contribution in [0.15, 0.2) is 48.9 Å². The molecule has 3 rings (SSSR count). The summed E-state index contributed by atoms with van der Waals surface area (Å²) in [5.74, 6) is -0.978. The van der Waals surface area contributed by atoms with Gasteiger partial charge in [-0.05, 0) is 5.56 Å². The minimum absolute atomic E-state index is 0.203. The lowest BCUT2D eigenvalue weighted by molar-refractivity contribution is 0.0695. The third-order valence-electron chi connectivity index (χ3n) is 3.34. The monoisotopic (exact) mass is 282 g/mol. The molecule has 2 heterocycles. The molecule has 106 valence electrons. The Hall–Kier alpha value is -2.89. The van der Waals surface area contributed by atoms with Gasteiger partial charge in [-0.2, -0.15) is 10.2 Å². The van der Waals surface area contributed by atoms with Gasteiger partial charge in [0.15, 0.2) is 0 Å². The van der Waals surface area contributed by atoms with Crippen molar-refractivity contribution in [1.82, 2.24) is 19.6 Å². The second kappa shape index (κ2) is 5.24. The van der Waals surface area contributed by atoms with Gasteiger partial charge in [-0.25, -0.2) is 4.79 Å². The normalized spacial score (nSPS) is 10.7. The molecule has 1 N–H and O–H groups in total. The molecular formula is C15H14N4O2. The fraction of sp³-hybridized carbons (Fsp3) is 0.133. The molecule has 0 amide bonds. The third kappa shape index (κ3) is 2.55. The average molecular weight is 282 g/mol. The summed E-state index contributed by atoms with van der Waals surface area (Å²) in [7, 11) is 1.73. The molecule has 2 aromatic heterocycles. The smallest absolute Gasteiger partial charge is 0.339 e. The fourth-order valence-corrected chi connectivity index (χ4v) is 2.21. The molecule has 21 heavy (non-hydrogen) atoms. The topological polar surface area (TPSA) is 72.9 Å². The summed E-state index contributed by atoms with van der Waals surface area (Å²) < 4.78 is 3.28. The number of nitrogens with zero attached hydrogens (tertiary/aromatic N) is 4. The van der Waals surface area contributed by atoms with Crippen LogP contribution in [0.2, 0.25) is 0 Å². The number of benzene rings is 1. The van der Waals surface area contributed by atoms with Crippen molar-refractivity contribution in [2.45, 2.75) is 6.54 Å². The van der Waals surface area contributed by atoms with Crippen molar-refractivity contribution < 1.29 is 9.90 Å². The molecule has 0 aliphatic heterocycles. The number of hydrogen-bond acceptors (Lipinski definition) is 3. The van der Waals surface area contributed by atoms with Gasteiger partial charge >= 0.3 is 5.97 Å². The van der Waals surface area contributed by atoms with E-state index < -0.39 is 5.97 Å². The van der Waals surface area contributed by atoms with Gasteiger partial charge in [0.2, 0.25) is 0 Å². The van der Waals surface area contributed by atoms with E-state index in [1.165, 1.54) is 6.20 Å². The standard InChI is InChI=1S/C15H14N4O2/c1-18-14(13(8-16-18)15(20)21)10-19-9-12(7-17-19)11-5-3-2-4-6-11/h2-9H,10H2,1H3,(H,20,21). The van der Waals surface area contributed by atoms with Crippen molar-refractivity contribution in [2.24, 2.45) is 7.05 Å². The van der Waals surface area contributed by atoms with Crippen molar-refractivity contribution in [3.63, 3.8) is 0 Å². The zero-order chi connectivity index (χ0) is 14.8. The summed E-state index contributed by atoms with van der Waals surface area (Å²) >= 11 is 0. The first kappa shape index (κ1) is 13.1. The van der Waals surface area contributed by atoms with E-state index in [9.17, 15) is 4.79 Å². The molecule has 6 heteroatoms. The number of aromatic nitrogens is 4. The highest BCUT2D eigenvalue weighted by Crippen LogP contribution is 2.18. The second-order valence-corrected chi connectivity index (χ2v) is 4.73. The van der Waals surface area contributed by atoms with Crippen molar-refractivity contribution in [3.05, 3.63) is 60.2 Å². The minimum Gasteiger partial charge on any atom is -0.478 e. The highest BCUT2D eigenvalue weighted by Gasteiger charge is 2.15. The number of carboxylic acid groups (broad SMARTS) is 1. The van der Waals surface area contributed by atoms with Crippen LogP contribution in [0.1, 0.15) is 16.1 Å². The van der Waals surface area contributed by atoms with Gasteiger partial charge in [-0.1, -0.05) is 30.3 Å². The van der Waals surface area contributed by atoms with Crippen LogP contribution < -0.4 is 0 Å². The highest BCUT2D eigenvalue weighted by atomic mass is 16.4. The lowest BCUT2D eigenvalue weighted by atomic mass is 10.1. The molecule has 0 spiro atoms. The molecule has 0 unspecified atom stereocenters. The molecule has 0 radical (unpaired) electrons. The molecule has 0 saturated heterocycles. The number of aryl methyl sites for hydroxylation is 1. The number of hydrogen-bond donors (Lipinski definition) is 1. The summed E-state index contributed by atoms with van der Waals surface area (Å²) in [6, 6.07) is 9.91. The van der Waals surface area contributed by atoms with Gasteiger partial charge in [0.1, 0.15) is 5.56 Å². The van der Waals surface area contributed by atoms with Crippen LogP contribution >= 0.6 is 0 Å². The minimum atomic E-state index is -0.978. The highest BCUT2D eigenvalue weighted by molar-refractivity contribution is 5.88. The Balaban J connectivity index is 1.89. The van der Waals surface area contributed by atoms with E-state index in [0.29, 0.717) is 12.2 Å². The Morgan fingerprint density at radius 2 is 1.90 bits per heavy atom. The molecular weight excluding hydrogens is 268 g/mol. The van der Waals surface area contributed by atoms with Crippen LogP contribution in [-0.2, 0) is 13.6 Å². The maximum absolute atomic E-state index is 11.2. The first-order valence-corrected chi connectivity index (χ1v) is 6.47. The number of carboxylic acids is 1. The lowest BCUT2D eigenvalue weighted by Gasteiger charge is -2.04. The zero-order valence-electron chi connectivity index (χ0n) is 11.5. The Kier molecular flexibility index (Phi) is 3.27. The summed E-state index contributed by atoms with van der Waals surface area (Å²) in [5, 5.41) is 17.4. The number of carbonyl (C=O) groups is 1. The molecule has 0 bridgehead atoms. The number of rotatable bonds is 4. The molecule has 0 atom stereocenters. The maximum atomic E-state index is 11.2. The first-order chi connectivity index (χ1) is 10.1. The average Bonchev–Trinajstić information content (AvgIpc) is 3.08. The number of aromatic carboxylic acids is 1. The first-order valence-electron chi connectivity index (χ1n) is 6.47. The van der Waals surface area contributed by atoms with Crippen LogP contribution in [0, 0.1) is 0 Å². The molecule has 0 aliphatic rings. The van der Waals surface area contributed by atoms with Crippen LogP contribution in [-0.4, -0.2) is 30.6 Å². The van der Waals surface area contributed by atoms with Crippen molar-refractivity contribution in [1.29, 1.82) is 0 Å². The van der Waals surface area contributed by atoms with E-state index in [4.69, 9.17) is 5.11 Å². The maximum Gasteiger partial charge on any atom is 0.339 e. The Labute approximate surface area is 121 Å². The van der Waals surface area contributed by atoms with Crippen LogP contribution in [0.3, 0.4) is 0 Å². The van der Waals surface area contributed by atoms with Crippen molar-refractivity contribution in [2.75, 3.05) is 0 Å². The predicted molar refractivity (Wildman–Crippen MR) is 76.9 cm³/mol. The van der Waals surface area contributed by atoms with Gasteiger partial charge < -0.3 is 5.11 Å². The molecule has 6 nitrogen and oxygen atoms in total. The van der Waals surface area contributed by atoms with Gasteiger partial charge in [-0.3, -0.25) is 9.36 Å². The third-order valence-corrected chi connectivity index (χ3v) is 3.34. The molecule has 0 fully saturated rings. The Morgan fingerprint density at radius 3 is 2.62 bits per heavy atom. The summed E-state index contributed by atoms with van der Waals surface area (Å²) in [4.78, 5) is 11.2. The van der Waals surface area contributed by atoms with Crippen LogP contribution in [0.25, 0.3) is 11.1 Å². The van der Waals surface area contributed by atoms with E-state index in [0.717, 1.165) is 11.1 Å². The van der Waals surface area contributed by atoms with E-state index >= 15 is 0 Å². The predicted octanol–water partition coefficient (Wildman–Crippen LogP) is 2.03. The second-order valence-electron chi connectivity index (χ2n) is 4.73. The molecule has 3 aromatic rings. The van der Waals surface area contributed by atoms with Crippen LogP contribution in [0.4, 0.5) is 0 Å². The van der Waals surface area contributed by atoms with Crippen LogP contribution in [0.5, 0.6) is 0 Å². The fourth-order valence-electron chi connectivity index (χ4n) is 2.21. The quantitative estimate of drug-likeness (QED) is 0.794. The van der Waals surface area contributed by atoms with Crippen molar-refractivity contribution >= 4 is 5.97 Å². The lowest BCUT2D eigenvalue weighted by Crippen LogP contribution is -2.10. The van der Waals surface area contributed by atoms with Gasteiger partial charge in [0.25, 0.3) is 0 Å².